The number of carbonyl (C=O) groups is 1. The van der Waals surface area contributed by atoms with E-state index in [9.17, 15) is 0 Å². The largest absolute Gasteiger partial charge is 0.483 e. The highest BCUT2D eigenvalue weighted by Gasteiger charge is 2.49. The minimum atomic E-state index is -0.250. The molecule has 23 heavy (non-hydrogen) atoms. The smallest absolute Gasteiger partial charge is 0.290 e. The first kappa shape index (κ1) is 18.0. The van der Waals surface area contributed by atoms with Gasteiger partial charge in [-0.2, -0.15) is 0 Å². The van der Waals surface area contributed by atoms with E-state index >= 15 is 0 Å². The van der Waals surface area contributed by atoms with E-state index in [1.165, 1.54) is 37.7 Å². The maximum absolute atomic E-state index is 8.36. The average Bonchev–Trinajstić information content (AvgIpc) is 2.46. The lowest BCUT2D eigenvalue weighted by molar-refractivity contribution is -0.122. The zero-order chi connectivity index (χ0) is 17.3. The van der Waals surface area contributed by atoms with E-state index in [0.29, 0.717) is 16.7 Å². The summed E-state index contributed by atoms with van der Waals surface area (Å²) in [6.07, 6.45) is 6.87. The van der Waals surface area contributed by atoms with Gasteiger partial charge in [-0.25, -0.2) is 0 Å². The standard InChI is InChI=1S/C20H30.CH2O2/c1-14(2)15-7-9-17-16(13-15)8-10-18-19(3,4)11-6-12-20(17,18)5;2-1-3/h7,9,13-14,18H,6,8,10-12H2,1-5H3;1H,(H,2,3). The van der Waals surface area contributed by atoms with Gasteiger partial charge in [-0.05, 0) is 65.0 Å². The van der Waals surface area contributed by atoms with Gasteiger partial charge in [0.2, 0.25) is 0 Å². The summed E-state index contributed by atoms with van der Waals surface area (Å²) in [7, 11) is 0. The van der Waals surface area contributed by atoms with Crippen LogP contribution in [0.5, 0.6) is 0 Å². The van der Waals surface area contributed by atoms with Crippen LogP contribution >= 0.6 is 0 Å². The predicted octanol–water partition coefficient (Wildman–Crippen LogP) is 5.54. The summed E-state index contributed by atoms with van der Waals surface area (Å²) in [5, 5.41) is 6.89. The van der Waals surface area contributed by atoms with Gasteiger partial charge in [0.25, 0.3) is 6.47 Å². The third-order valence-corrected chi connectivity index (χ3v) is 6.34. The fourth-order valence-electron chi connectivity index (χ4n) is 5.19. The molecule has 2 unspecified atom stereocenters. The highest BCUT2D eigenvalue weighted by molar-refractivity contribution is 5.42. The van der Waals surface area contributed by atoms with Crippen LogP contribution in [-0.2, 0) is 16.6 Å². The molecule has 1 aromatic rings. The summed E-state index contributed by atoms with van der Waals surface area (Å²) < 4.78 is 0. The minimum Gasteiger partial charge on any atom is -0.483 e. The molecule has 2 aliphatic rings. The second kappa shape index (κ2) is 6.67. The van der Waals surface area contributed by atoms with Gasteiger partial charge in [0.05, 0.1) is 0 Å². The molecule has 1 fully saturated rings. The number of benzene rings is 1. The third kappa shape index (κ3) is 3.32. The average molecular weight is 316 g/mol. The first-order chi connectivity index (χ1) is 10.8. The lowest BCUT2D eigenvalue weighted by atomic mass is 9.50. The summed E-state index contributed by atoms with van der Waals surface area (Å²) in [4.78, 5) is 8.36. The Morgan fingerprint density at radius 3 is 2.48 bits per heavy atom. The summed E-state index contributed by atoms with van der Waals surface area (Å²) in [6.45, 7) is 11.9. The number of rotatable bonds is 1. The molecule has 0 bridgehead atoms. The van der Waals surface area contributed by atoms with Gasteiger partial charge >= 0.3 is 0 Å². The van der Waals surface area contributed by atoms with Crippen molar-refractivity contribution in [2.45, 2.75) is 78.1 Å². The van der Waals surface area contributed by atoms with E-state index in [2.05, 4.69) is 52.8 Å². The first-order valence-electron chi connectivity index (χ1n) is 8.97. The monoisotopic (exact) mass is 316 g/mol. The quantitative estimate of drug-likeness (QED) is 0.691. The molecule has 0 spiro atoms. The van der Waals surface area contributed by atoms with Crippen LogP contribution in [0.2, 0.25) is 0 Å². The van der Waals surface area contributed by atoms with Crippen molar-refractivity contribution in [3.05, 3.63) is 34.9 Å². The number of hydrogen-bond acceptors (Lipinski definition) is 1. The lowest BCUT2D eigenvalue weighted by Gasteiger charge is -2.54. The molecule has 2 nitrogen and oxygen atoms in total. The third-order valence-electron chi connectivity index (χ3n) is 6.34. The van der Waals surface area contributed by atoms with Crippen LogP contribution in [0, 0.1) is 11.3 Å². The molecule has 0 radical (unpaired) electrons. The van der Waals surface area contributed by atoms with Crippen LogP contribution in [0.4, 0.5) is 0 Å². The van der Waals surface area contributed by atoms with Crippen molar-refractivity contribution in [3.63, 3.8) is 0 Å². The van der Waals surface area contributed by atoms with Gasteiger partial charge in [-0.15, -0.1) is 0 Å². The van der Waals surface area contributed by atoms with Crippen LogP contribution in [0.15, 0.2) is 18.2 Å². The molecule has 128 valence electrons. The molecule has 0 amide bonds. The Hall–Kier alpha value is -1.31. The maximum atomic E-state index is 8.36. The van der Waals surface area contributed by atoms with Gasteiger partial charge in [0, 0.05) is 0 Å². The Kier molecular flexibility index (Phi) is 5.23. The van der Waals surface area contributed by atoms with Gasteiger partial charge in [-0.1, -0.05) is 59.2 Å². The number of hydrogen-bond donors (Lipinski definition) is 1. The second-order valence-electron chi connectivity index (χ2n) is 8.53. The Balaban J connectivity index is 0.000000595. The van der Waals surface area contributed by atoms with Gasteiger partial charge in [-0.3, -0.25) is 4.79 Å². The summed E-state index contributed by atoms with van der Waals surface area (Å²) in [5.41, 5.74) is 5.77. The lowest BCUT2D eigenvalue weighted by Crippen LogP contribution is -2.47. The van der Waals surface area contributed by atoms with E-state index in [1.807, 2.05) is 0 Å². The van der Waals surface area contributed by atoms with Crippen molar-refractivity contribution < 1.29 is 9.90 Å². The Morgan fingerprint density at radius 2 is 1.87 bits per heavy atom. The van der Waals surface area contributed by atoms with E-state index in [4.69, 9.17) is 9.90 Å². The maximum Gasteiger partial charge on any atom is 0.290 e. The molecular formula is C21H32O2. The minimum absolute atomic E-state index is 0.250. The van der Waals surface area contributed by atoms with Crippen LogP contribution in [0.3, 0.4) is 0 Å². The normalized spacial score (nSPS) is 28.2. The zero-order valence-electron chi connectivity index (χ0n) is 15.4. The Morgan fingerprint density at radius 1 is 1.22 bits per heavy atom. The molecule has 1 saturated carbocycles. The summed E-state index contributed by atoms with van der Waals surface area (Å²) >= 11 is 0. The topological polar surface area (TPSA) is 37.3 Å². The van der Waals surface area contributed by atoms with Crippen LogP contribution in [0.25, 0.3) is 0 Å². The molecule has 1 N–H and O–H groups in total. The van der Waals surface area contributed by atoms with Crippen LogP contribution < -0.4 is 0 Å². The highest BCUT2D eigenvalue weighted by atomic mass is 16.3. The molecule has 2 atom stereocenters. The van der Waals surface area contributed by atoms with E-state index in [0.717, 1.165) is 5.92 Å². The van der Waals surface area contributed by atoms with Crippen molar-refractivity contribution in [1.29, 1.82) is 0 Å². The fraction of sp³-hybridized carbons (Fsp3) is 0.667. The Labute approximate surface area is 141 Å². The molecule has 0 aliphatic heterocycles. The molecular weight excluding hydrogens is 284 g/mol. The zero-order valence-corrected chi connectivity index (χ0v) is 15.4. The molecule has 0 heterocycles. The van der Waals surface area contributed by atoms with Crippen molar-refractivity contribution in [2.24, 2.45) is 11.3 Å². The highest BCUT2D eigenvalue weighted by Crippen LogP contribution is 2.57. The molecule has 2 heteroatoms. The van der Waals surface area contributed by atoms with Gasteiger partial charge < -0.3 is 5.11 Å². The van der Waals surface area contributed by atoms with E-state index in [1.54, 1.807) is 11.1 Å². The van der Waals surface area contributed by atoms with E-state index in [-0.39, 0.29) is 6.47 Å². The molecule has 1 aromatic carbocycles. The number of aryl methyl sites for hydroxylation is 1. The van der Waals surface area contributed by atoms with E-state index < -0.39 is 0 Å². The van der Waals surface area contributed by atoms with Crippen molar-refractivity contribution in [3.8, 4) is 0 Å². The predicted molar refractivity (Wildman–Crippen MR) is 96.0 cm³/mol. The number of fused-ring (bicyclic) bond motifs is 3. The number of carboxylic acid groups (broad SMARTS) is 1. The fourth-order valence-corrected chi connectivity index (χ4v) is 5.19. The van der Waals surface area contributed by atoms with Gasteiger partial charge in [0.1, 0.15) is 0 Å². The summed E-state index contributed by atoms with van der Waals surface area (Å²) in [5.74, 6) is 1.51. The van der Waals surface area contributed by atoms with Gasteiger partial charge in [0.15, 0.2) is 0 Å². The molecule has 2 aliphatic carbocycles. The van der Waals surface area contributed by atoms with Crippen LogP contribution in [-0.4, -0.2) is 11.6 Å². The Bertz CT molecular complexity index is 559. The van der Waals surface area contributed by atoms with Crippen molar-refractivity contribution >= 4 is 6.47 Å². The first-order valence-corrected chi connectivity index (χ1v) is 8.97. The molecule has 0 aromatic heterocycles. The molecule has 0 saturated heterocycles. The summed E-state index contributed by atoms with van der Waals surface area (Å²) in [6, 6.07) is 7.36. The van der Waals surface area contributed by atoms with Crippen molar-refractivity contribution in [1.82, 2.24) is 0 Å². The molecule has 3 rings (SSSR count). The van der Waals surface area contributed by atoms with Crippen molar-refractivity contribution in [2.75, 3.05) is 0 Å². The second-order valence-corrected chi connectivity index (χ2v) is 8.53. The van der Waals surface area contributed by atoms with Crippen LogP contribution in [0.1, 0.15) is 82.9 Å². The SMILES string of the molecule is CC(C)c1ccc2c(c1)CCC1C(C)(C)CCCC21C.O=CO.